The molecule has 1 saturated carbocycles. The van der Waals surface area contributed by atoms with Crippen molar-refractivity contribution in [3.63, 3.8) is 0 Å². The summed E-state index contributed by atoms with van der Waals surface area (Å²) in [5, 5.41) is 7.50. The van der Waals surface area contributed by atoms with Gasteiger partial charge in [0.05, 0.1) is 15.5 Å². The van der Waals surface area contributed by atoms with Crippen molar-refractivity contribution in [1.29, 1.82) is 0 Å². The van der Waals surface area contributed by atoms with Crippen molar-refractivity contribution in [3.8, 4) is 0 Å². The third-order valence-corrected chi connectivity index (χ3v) is 6.21. The second-order valence-corrected chi connectivity index (χ2v) is 7.77. The molecule has 0 spiro atoms. The predicted molar refractivity (Wildman–Crippen MR) is 108 cm³/mol. The van der Waals surface area contributed by atoms with Gasteiger partial charge in [0.25, 0.3) is 0 Å². The van der Waals surface area contributed by atoms with E-state index >= 15 is 0 Å². The van der Waals surface area contributed by atoms with E-state index in [9.17, 15) is 4.79 Å². The van der Waals surface area contributed by atoms with Crippen molar-refractivity contribution < 1.29 is 4.79 Å². The first-order chi connectivity index (χ1) is 12.1. The molecule has 4 rings (SSSR count). The number of carbonyl (C=O) groups excluding carboxylic acids is 1. The minimum atomic E-state index is -0.466. The number of benzene rings is 2. The molecule has 1 amide bonds. The molecule has 0 unspecified atom stereocenters. The van der Waals surface area contributed by atoms with Crippen molar-refractivity contribution >= 4 is 41.5 Å². The third-order valence-electron chi connectivity index (χ3n) is 5.47. The molecule has 2 N–H and O–H groups in total. The number of rotatable bonds is 4. The third kappa shape index (κ3) is 3.46. The van der Waals surface area contributed by atoms with Gasteiger partial charge in [0.15, 0.2) is 0 Å². The summed E-state index contributed by atoms with van der Waals surface area (Å²) in [7, 11) is 0. The maximum absolute atomic E-state index is 13.0. The Kier molecular flexibility index (Phi) is 5.83. The summed E-state index contributed by atoms with van der Waals surface area (Å²) in [6.45, 7) is 2.39. The summed E-state index contributed by atoms with van der Waals surface area (Å²) < 4.78 is 0. The van der Waals surface area contributed by atoms with Crippen LogP contribution in [0.1, 0.15) is 41.5 Å². The summed E-state index contributed by atoms with van der Waals surface area (Å²) in [5.74, 6) is 0.0794. The van der Waals surface area contributed by atoms with E-state index in [1.165, 1.54) is 11.1 Å². The van der Waals surface area contributed by atoms with Crippen LogP contribution in [-0.2, 0) is 29.8 Å². The Labute approximate surface area is 169 Å². The lowest BCUT2D eigenvalue weighted by Gasteiger charge is -2.41. The van der Waals surface area contributed by atoms with Gasteiger partial charge in [0.1, 0.15) is 0 Å². The predicted octanol–water partition coefficient (Wildman–Crippen LogP) is 4.76. The molecule has 1 aliphatic carbocycles. The van der Waals surface area contributed by atoms with Gasteiger partial charge in [0.2, 0.25) is 5.91 Å². The van der Waals surface area contributed by atoms with Crippen LogP contribution in [0.15, 0.2) is 36.4 Å². The molecule has 1 fully saturated rings. The van der Waals surface area contributed by atoms with Crippen LogP contribution in [0.25, 0.3) is 0 Å². The van der Waals surface area contributed by atoms with Crippen molar-refractivity contribution in [3.05, 3.63) is 68.7 Å². The maximum atomic E-state index is 13.0. The van der Waals surface area contributed by atoms with E-state index in [0.29, 0.717) is 16.6 Å². The molecule has 0 radical (unpaired) electrons. The Morgan fingerprint density at radius 3 is 2.50 bits per heavy atom. The topological polar surface area (TPSA) is 41.1 Å². The Balaban J connectivity index is 0.00000196. The average Bonchev–Trinajstić information content (AvgIpc) is 3.03. The summed E-state index contributed by atoms with van der Waals surface area (Å²) in [4.78, 5) is 13.0. The smallest absolute Gasteiger partial charge is 0.230 e. The highest BCUT2D eigenvalue weighted by Crippen LogP contribution is 2.45. The van der Waals surface area contributed by atoms with Crippen molar-refractivity contribution in [2.75, 3.05) is 0 Å². The van der Waals surface area contributed by atoms with E-state index in [-0.39, 0.29) is 18.3 Å². The highest BCUT2D eigenvalue weighted by atomic mass is 35.5. The van der Waals surface area contributed by atoms with Gasteiger partial charge in [-0.1, -0.05) is 53.9 Å². The number of hydrogen-bond acceptors (Lipinski definition) is 2. The lowest BCUT2D eigenvalue weighted by molar-refractivity contribution is -0.130. The summed E-state index contributed by atoms with van der Waals surface area (Å²) in [6.07, 6.45) is 2.76. The zero-order chi connectivity index (χ0) is 17.4. The summed E-state index contributed by atoms with van der Waals surface area (Å²) in [5.41, 5.74) is 4.31. The van der Waals surface area contributed by atoms with Crippen LogP contribution < -0.4 is 10.6 Å². The lowest BCUT2D eigenvalue weighted by Crippen LogP contribution is -2.49. The molecular formula is C20H21Cl3N2O. The Morgan fingerprint density at radius 2 is 1.81 bits per heavy atom. The van der Waals surface area contributed by atoms with E-state index in [2.05, 4.69) is 28.8 Å². The first-order valence-electron chi connectivity index (χ1n) is 8.64. The minimum absolute atomic E-state index is 0. The molecule has 0 bridgehead atoms. The monoisotopic (exact) mass is 410 g/mol. The number of amides is 1. The molecule has 0 aromatic heterocycles. The van der Waals surface area contributed by atoms with E-state index < -0.39 is 5.41 Å². The molecule has 2 aromatic rings. The molecule has 6 heteroatoms. The summed E-state index contributed by atoms with van der Waals surface area (Å²) >= 11 is 12.2. The fourth-order valence-electron chi connectivity index (χ4n) is 3.78. The van der Waals surface area contributed by atoms with Crippen LogP contribution in [0.2, 0.25) is 10.0 Å². The Hall–Kier alpha value is -1.26. The number of nitrogens with one attached hydrogen (secondary N) is 2. The number of fused-ring (bicyclic) bond motifs is 1. The Morgan fingerprint density at radius 1 is 1.04 bits per heavy atom. The fourth-order valence-corrected chi connectivity index (χ4v) is 4.08. The second kappa shape index (κ2) is 7.77. The number of hydrogen-bond donors (Lipinski definition) is 2. The van der Waals surface area contributed by atoms with E-state index in [1.807, 2.05) is 12.1 Å². The minimum Gasteiger partial charge on any atom is -0.351 e. The fraction of sp³-hybridized carbons (Fsp3) is 0.350. The molecular weight excluding hydrogens is 391 g/mol. The molecule has 2 aromatic carbocycles. The normalized spacial score (nSPS) is 17.0. The molecule has 2 aliphatic rings. The zero-order valence-corrected chi connectivity index (χ0v) is 16.6. The first-order valence-corrected chi connectivity index (χ1v) is 9.39. The number of carbonyl (C=O) groups is 1. The Bertz CT molecular complexity index is 834. The first kappa shape index (κ1) is 19.5. The summed E-state index contributed by atoms with van der Waals surface area (Å²) in [6, 6.07) is 12.0. The molecule has 0 atom stereocenters. The number of halogens is 3. The maximum Gasteiger partial charge on any atom is 0.230 e. The van der Waals surface area contributed by atoms with Crippen LogP contribution in [0.5, 0.6) is 0 Å². The van der Waals surface area contributed by atoms with Crippen LogP contribution >= 0.6 is 35.6 Å². The highest BCUT2D eigenvalue weighted by Gasteiger charge is 2.45. The van der Waals surface area contributed by atoms with Crippen molar-refractivity contribution in [2.45, 2.75) is 44.3 Å². The quantitative estimate of drug-likeness (QED) is 0.762. The lowest BCUT2D eigenvalue weighted by atomic mass is 9.64. The van der Waals surface area contributed by atoms with Gasteiger partial charge in [-0.15, -0.1) is 12.4 Å². The zero-order valence-electron chi connectivity index (χ0n) is 14.3. The van der Waals surface area contributed by atoms with E-state index in [1.54, 1.807) is 6.07 Å². The average molecular weight is 412 g/mol. The molecule has 0 saturated heterocycles. The van der Waals surface area contributed by atoms with Crippen molar-refractivity contribution in [2.24, 2.45) is 0 Å². The van der Waals surface area contributed by atoms with Gasteiger partial charge in [-0.3, -0.25) is 4.79 Å². The molecule has 1 aliphatic heterocycles. The van der Waals surface area contributed by atoms with Crippen molar-refractivity contribution in [1.82, 2.24) is 10.6 Å². The van der Waals surface area contributed by atoms with Gasteiger partial charge in [0, 0.05) is 19.6 Å². The van der Waals surface area contributed by atoms with Gasteiger partial charge in [-0.05, 0) is 47.2 Å². The van der Waals surface area contributed by atoms with E-state index in [0.717, 1.165) is 43.5 Å². The standard InChI is InChI=1S/C20H20Cl2N2O.ClH/c21-17-5-4-16(9-18(17)22)20(6-1-7-20)19(25)24-10-13-2-3-14-11-23-12-15(14)8-13;/h2-5,8-9,23H,1,6-7,10-12H2,(H,24,25);1H. The van der Waals surface area contributed by atoms with Gasteiger partial charge < -0.3 is 10.6 Å². The van der Waals surface area contributed by atoms with E-state index in [4.69, 9.17) is 23.2 Å². The van der Waals surface area contributed by atoms with Crippen LogP contribution in [0.3, 0.4) is 0 Å². The largest absolute Gasteiger partial charge is 0.351 e. The SMILES string of the molecule is Cl.O=C(NCc1ccc2c(c1)CNC2)C1(c2ccc(Cl)c(Cl)c2)CCC1. The molecule has 3 nitrogen and oxygen atoms in total. The van der Waals surface area contributed by atoms with Crippen LogP contribution in [0.4, 0.5) is 0 Å². The molecule has 1 heterocycles. The van der Waals surface area contributed by atoms with Crippen LogP contribution in [0, 0.1) is 0 Å². The molecule has 138 valence electrons. The van der Waals surface area contributed by atoms with Gasteiger partial charge in [-0.2, -0.15) is 0 Å². The highest BCUT2D eigenvalue weighted by molar-refractivity contribution is 6.42. The van der Waals surface area contributed by atoms with Gasteiger partial charge >= 0.3 is 0 Å². The molecule has 26 heavy (non-hydrogen) atoms. The van der Waals surface area contributed by atoms with Gasteiger partial charge in [-0.25, -0.2) is 0 Å². The second-order valence-electron chi connectivity index (χ2n) is 6.95. The van der Waals surface area contributed by atoms with Crippen LogP contribution in [-0.4, -0.2) is 5.91 Å².